The van der Waals surface area contributed by atoms with Gasteiger partial charge in [-0.15, -0.1) is 0 Å². The third kappa shape index (κ3) is 3.89. The van der Waals surface area contributed by atoms with Crippen LogP contribution in [0.1, 0.15) is 58.9 Å². The standard InChI is InChI=1S/C33H36O3/c1-5-20(2)32(34)35-30-17-22-16-21(30)18-31(22)36-33(3,4)23-14-15-28-26-12-7-6-10-24(26)25-11-8-9-13-27(25)29(28)19-23/h6-15,19-22,30-31H,5,16-18H2,1-4H3. The quantitative estimate of drug-likeness (QED) is 0.206. The van der Waals surface area contributed by atoms with Gasteiger partial charge in [-0.3, -0.25) is 4.79 Å². The number of esters is 1. The van der Waals surface area contributed by atoms with Crippen LogP contribution in [0.5, 0.6) is 0 Å². The van der Waals surface area contributed by atoms with Gasteiger partial charge in [-0.05, 0) is 95.3 Å². The summed E-state index contributed by atoms with van der Waals surface area (Å²) in [6.45, 7) is 8.39. The first-order chi connectivity index (χ1) is 17.4. The summed E-state index contributed by atoms with van der Waals surface area (Å²) < 4.78 is 12.7. The highest BCUT2D eigenvalue weighted by Gasteiger charge is 2.49. The Bertz CT molecular complexity index is 1420. The molecule has 5 unspecified atom stereocenters. The van der Waals surface area contributed by atoms with Gasteiger partial charge in [0, 0.05) is 0 Å². The van der Waals surface area contributed by atoms with Gasteiger partial charge in [0.2, 0.25) is 0 Å². The first-order valence-corrected chi connectivity index (χ1v) is 13.6. The Labute approximate surface area is 213 Å². The maximum Gasteiger partial charge on any atom is 0.308 e. The molecule has 0 saturated heterocycles. The molecule has 4 aromatic rings. The molecule has 0 aliphatic heterocycles. The zero-order chi connectivity index (χ0) is 25.0. The van der Waals surface area contributed by atoms with Crippen molar-refractivity contribution in [3.63, 3.8) is 0 Å². The molecule has 4 aromatic carbocycles. The van der Waals surface area contributed by atoms with Crippen LogP contribution in [-0.4, -0.2) is 18.2 Å². The fourth-order valence-electron chi connectivity index (χ4n) is 6.62. The number of fused-ring (bicyclic) bond motifs is 8. The fraction of sp³-hybridized carbons (Fsp3) is 0.424. The molecule has 3 heteroatoms. The van der Waals surface area contributed by atoms with E-state index >= 15 is 0 Å². The molecule has 36 heavy (non-hydrogen) atoms. The molecule has 0 amide bonds. The summed E-state index contributed by atoms with van der Waals surface area (Å²) in [5.41, 5.74) is 0.803. The maximum absolute atomic E-state index is 12.3. The second kappa shape index (κ2) is 8.88. The van der Waals surface area contributed by atoms with Crippen LogP contribution in [0.4, 0.5) is 0 Å². The Kier molecular flexibility index (Phi) is 5.80. The largest absolute Gasteiger partial charge is 0.462 e. The van der Waals surface area contributed by atoms with Crippen LogP contribution in [0.15, 0.2) is 66.7 Å². The fourth-order valence-corrected chi connectivity index (χ4v) is 6.62. The molecular weight excluding hydrogens is 444 g/mol. The summed E-state index contributed by atoms with van der Waals surface area (Å²) in [7, 11) is 0. The number of ether oxygens (including phenoxy) is 2. The predicted molar refractivity (Wildman–Crippen MR) is 147 cm³/mol. The molecule has 2 fully saturated rings. The average molecular weight is 481 g/mol. The molecule has 3 nitrogen and oxygen atoms in total. The minimum Gasteiger partial charge on any atom is -0.462 e. The number of benzene rings is 4. The minimum atomic E-state index is -0.404. The molecule has 0 spiro atoms. The monoisotopic (exact) mass is 480 g/mol. The van der Waals surface area contributed by atoms with E-state index in [0.29, 0.717) is 11.8 Å². The van der Waals surface area contributed by atoms with E-state index in [1.165, 1.54) is 37.9 Å². The number of hydrogen-bond donors (Lipinski definition) is 0. The number of carbonyl (C=O) groups excluding carboxylic acids is 1. The first-order valence-electron chi connectivity index (χ1n) is 13.6. The van der Waals surface area contributed by atoms with Gasteiger partial charge in [0.25, 0.3) is 0 Å². The smallest absolute Gasteiger partial charge is 0.308 e. The Morgan fingerprint density at radius 2 is 1.33 bits per heavy atom. The van der Waals surface area contributed by atoms with Crippen LogP contribution >= 0.6 is 0 Å². The van der Waals surface area contributed by atoms with Crippen molar-refractivity contribution in [2.45, 2.75) is 71.2 Å². The Morgan fingerprint density at radius 1 is 0.806 bits per heavy atom. The van der Waals surface area contributed by atoms with Crippen LogP contribution in [0.25, 0.3) is 32.3 Å². The van der Waals surface area contributed by atoms with Gasteiger partial charge in [0.15, 0.2) is 0 Å². The Hall–Kier alpha value is -2.91. The van der Waals surface area contributed by atoms with Crippen molar-refractivity contribution in [2.75, 3.05) is 0 Å². The first kappa shape index (κ1) is 23.5. The van der Waals surface area contributed by atoms with Gasteiger partial charge >= 0.3 is 5.97 Å². The second-order valence-electron chi connectivity index (χ2n) is 11.5. The molecule has 2 aliphatic carbocycles. The molecule has 0 heterocycles. The Balaban J connectivity index is 1.27. The second-order valence-corrected chi connectivity index (χ2v) is 11.5. The van der Waals surface area contributed by atoms with Crippen molar-refractivity contribution >= 4 is 38.3 Å². The lowest BCUT2D eigenvalue weighted by atomic mass is 9.89. The summed E-state index contributed by atoms with van der Waals surface area (Å²) >= 11 is 0. The SMILES string of the molecule is CCC(C)C(=O)OC1CC2CC1CC2OC(C)(C)c1ccc2c3ccccc3c3ccccc3c2c1. The van der Waals surface area contributed by atoms with E-state index < -0.39 is 5.60 Å². The van der Waals surface area contributed by atoms with E-state index in [1.54, 1.807) is 0 Å². The van der Waals surface area contributed by atoms with Crippen LogP contribution in [0.3, 0.4) is 0 Å². The van der Waals surface area contributed by atoms with E-state index in [2.05, 4.69) is 80.6 Å². The maximum atomic E-state index is 12.3. The zero-order valence-corrected chi connectivity index (χ0v) is 21.8. The molecule has 2 saturated carbocycles. The van der Waals surface area contributed by atoms with Crippen molar-refractivity contribution in [1.82, 2.24) is 0 Å². The Morgan fingerprint density at radius 3 is 1.89 bits per heavy atom. The normalized spacial score (nSPS) is 24.6. The van der Waals surface area contributed by atoms with Gasteiger partial charge in [-0.2, -0.15) is 0 Å². The lowest BCUT2D eigenvalue weighted by molar-refractivity contribution is -0.160. The van der Waals surface area contributed by atoms with E-state index in [-0.39, 0.29) is 24.1 Å². The van der Waals surface area contributed by atoms with Crippen molar-refractivity contribution in [3.8, 4) is 0 Å². The van der Waals surface area contributed by atoms with Crippen molar-refractivity contribution in [1.29, 1.82) is 0 Å². The number of hydrogen-bond acceptors (Lipinski definition) is 3. The summed E-state index contributed by atoms with van der Waals surface area (Å²) in [5.74, 6) is 0.838. The summed E-state index contributed by atoms with van der Waals surface area (Å²) in [5, 5.41) is 7.74. The molecular formula is C33H36O3. The van der Waals surface area contributed by atoms with Crippen molar-refractivity contribution in [3.05, 3.63) is 72.3 Å². The van der Waals surface area contributed by atoms with Gasteiger partial charge in [0.1, 0.15) is 6.10 Å². The highest BCUT2D eigenvalue weighted by Crippen LogP contribution is 2.49. The van der Waals surface area contributed by atoms with Gasteiger partial charge < -0.3 is 9.47 Å². The van der Waals surface area contributed by atoms with E-state index in [9.17, 15) is 4.79 Å². The van der Waals surface area contributed by atoms with Gasteiger partial charge in [-0.25, -0.2) is 0 Å². The average Bonchev–Trinajstić information content (AvgIpc) is 3.47. The molecule has 5 atom stereocenters. The summed E-state index contributed by atoms with van der Waals surface area (Å²) in [4.78, 5) is 12.3. The topological polar surface area (TPSA) is 35.5 Å². The van der Waals surface area contributed by atoms with E-state index in [1.807, 2.05) is 13.8 Å². The molecule has 0 radical (unpaired) electrons. The molecule has 2 bridgehead atoms. The van der Waals surface area contributed by atoms with Crippen LogP contribution < -0.4 is 0 Å². The summed E-state index contributed by atoms with van der Waals surface area (Å²) in [6, 6.07) is 24.3. The van der Waals surface area contributed by atoms with Crippen molar-refractivity contribution < 1.29 is 14.3 Å². The highest BCUT2D eigenvalue weighted by atomic mass is 16.5. The number of carbonyl (C=O) groups is 1. The zero-order valence-electron chi connectivity index (χ0n) is 21.8. The van der Waals surface area contributed by atoms with Crippen molar-refractivity contribution in [2.24, 2.45) is 17.8 Å². The lowest BCUT2D eigenvalue weighted by Gasteiger charge is -2.35. The third-order valence-corrected chi connectivity index (χ3v) is 8.89. The van der Waals surface area contributed by atoms with E-state index in [4.69, 9.17) is 9.47 Å². The molecule has 0 aromatic heterocycles. The van der Waals surface area contributed by atoms with Gasteiger partial charge in [-0.1, -0.05) is 74.5 Å². The van der Waals surface area contributed by atoms with Crippen LogP contribution in [-0.2, 0) is 19.9 Å². The molecule has 0 N–H and O–H groups in total. The predicted octanol–water partition coefficient (Wildman–Crippen LogP) is 8.15. The number of rotatable bonds is 6. The van der Waals surface area contributed by atoms with Crippen LogP contribution in [0, 0.1) is 17.8 Å². The van der Waals surface area contributed by atoms with Gasteiger partial charge in [0.05, 0.1) is 17.6 Å². The van der Waals surface area contributed by atoms with E-state index in [0.717, 1.165) is 25.7 Å². The molecule has 186 valence electrons. The highest BCUT2D eigenvalue weighted by molar-refractivity contribution is 6.25. The molecule has 2 aliphatic rings. The lowest BCUT2D eigenvalue weighted by Crippen LogP contribution is -2.36. The molecule has 6 rings (SSSR count). The minimum absolute atomic E-state index is 0.0174. The third-order valence-electron chi connectivity index (χ3n) is 8.89. The summed E-state index contributed by atoms with van der Waals surface area (Å²) in [6.07, 6.45) is 4.13. The van der Waals surface area contributed by atoms with Crippen LogP contribution in [0.2, 0.25) is 0 Å².